The molecular formula is C19H25ClN2O5. The fourth-order valence-corrected chi connectivity index (χ4v) is 2.92. The van der Waals surface area contributed by atoms with E-state index in [1.807, 2.05) is 12.1 Å². The second-order valence-electron chi connectivity index (χ2n) is 7.46. The van der Waals surface area contributed by atoms with Crippen LogP contribution in [0.1, 0.15) is 39.7 Å². The van der Waals surface area contributed by atoms with Crippen LogP contribution >= 0.6 is 11.6 Å². The lowest BCUT2D eigenvalue weighted by Gasteiger charge is -2.27. The summed E-state index contributed by atoms with van der Waals surface area (Å²) in [5, 5.41) is 3.42. The normalized spacial score (nSPS) is 19.5. The summed E-state index contributed by atoms with van der Waals surface area (Å²) in [6.07, 6.45) is -0.921. The van der Waals surface area contributed by atoms with Gasteiger partial charge in [-0.2, -0.15) is 0 Å². The number of nitrogens with zero attached hydrogens (tertiary/aromatic N) is 1. The average molecular weight is 397 g/mol. The van der Waals surface area contributed by atoms with Gasteiger partial charge in [-0.25, -0.2) is 4.79 Å². The number of likely N-dealkylation sites (tertiary alicyclic amines) is 1. The summed E-state index contributed by atoms with van der Waals surface area (Å²) < 4.78 is 10.6. The van der Waals surface area contributed by atoms with Gasteiger partial charge >= 0.3 is 12.1 Å². The van der Waals surface area contributed by atoms with Crippen LogP contribution in [0.3, 0.4) is 0 Å². The number of ether oxygens (including phenoxy) is 2. The predicted molar refractivity (Wildman–Crippen MR) is 100 cm³/mol. The van der Waals surface area contributed by atoms with Crippen LogP contribution in [0.15, 0.2) is 24.3 Å². The van der Waals surface area contributed by atoms with Gasteiger partial charge in [0.2, 0.25) is 5.91 Å². The number of benzene rings is 1. The summed E-state index contributed by atoms with van der Waals surface area (Å²) in [7, 11) is 0. The van der Waals surface area contributed by atoms with E-state index in [1.54, 1.807) is 32.9 Å². The van der Waals surface area contributed by atoms with Crippen molar-refractivity contribution in [2.24, 2.45) is 0 Å². The number of hydrogen-bond acceptors (Lipinski definition) is 5. The molecule has 0 aromatic heterocycles. The molecule has 1 aliphatic heterocycles. The minimum Gasteiger partial charge on any atom is -0.461 e. The fourth-order valence-electron chi connectivity index (χ4n) is 2.80. The van der Waals surface area contributed by atoms with E-state index in [1.165, 1.54) is 11.8 Å². The monoisotopic (exact) mass is 396 g/mol. The van der Waals surface area contributed by atoms with Crippen molar-refractivity contribution in [1.82, 2.24) is 10.2 Å². The Morgan fingerprint density at radius 1 is 1.22 bits per heavy atom. The smallest absolute Gasteiger partial charge is 0.411 e. The van der Waals surface area contributed by atoms with Crippen LogP contribution in [0.2, 0.25) is 5.02 Å². The first kappa shape index (κ1) is 21.0. The number of nitrogens with one attached hydrogen (secondary N) is 1. The van der Waals surface area contributed by atoms with Crippen molar-refractivity contribution in [3.05, 3.63) is 34.9 Å². The average Bonchev–Trinajstić information content (AvgIpc) is 2.96. The predicted octanol–water partition coefficient (Wildman–Crippen LogP) is 2.90. The van der Waals surface area contributed by atoms with E-state index in [4.69, 9.17) is 21.1 Å². The lowest BCUT2D eigenvalue weighted by atomic mass is 10.1. The number of amides is 2. The summed E-state index contributed by atoms with van der Waals surface area (Å²) in [5.41, 5.74) is 0.187. The van der Waals surface area contributed by atoms with Gasteiger partial charge in [-0.1, -0.05) is 23.7 Å². The molecule has 0 bridgehead atoms. The quantitative estimate of drug-likeness (QED) is 0.791. The van der Waals surface area contributed by atoms with Gasteiger partial charge in [0, 0.05) is 24.9 Å². The Labute approximate surface area is 163 Å². The van der Waals surface area contributed by atoms with Crippen LogP contribution in [0.4, 0.5) is 4.79 Å². The summed E-state index contributed by atoms with van der Waals surface area (Å²) in [6.45, 7) is 6.96. The van der Waals surface area contributed by atoms with E-state index < -0.39 is 29.8 Å². The van der Waals surface area contributed by atoms with E-state index in [0.29, 0.717) is 11.6 Å². The third-order valence-corrected chi connectivity index (χ3v) is 4.16. The topological polar surface area (TPSA) is 84.9 Å². The third-order valence-electron chi connectivity index (χ3n) is 3.91. The van der Waals surface area contributed by atoms with E-state index >= 15 is 0 Å². The Kier molecular flexibility index (Phi) is 6.70. The van der Waals surface area contributed by atoms with Gasteiger partial charge in [0.05, 0.1) is 6.54 Å². The number of rotatable bonds is 4. The zero-order chi connectivity index (χ0) is 20.2. The van der Waals surface area contributed by atoms with E-state index in [2.05, 4.69) is 5.32 Å². The van der Waals surface area contributed by atoms with Crippen LogP contribution in [-0.4, -0.2) is 47.2 Å². The zero-order valence-corrected chi connectivity index (χ0v) is 16.7. The molecule has 0 unspecified atom stereocenters. The number of carbonyl (C=O) groups excluding carboxylic acids is 3. The van der Waals surface area contributed by atoms with Gasteiger partial charge in [-0.3, -0.25) is 14.5 Å². The van der Waals surface area contributed by atoms with Crippen LogP contribution in [0.5, 0.6) is 0 Å². The highest BCUT2D eigenvalue weighted by atomic mass is 35.5. The largest absolute Gasteiger partial charge is 0.461 e. The lowest BCUT2D eigenvalue weighted by Crippen LogP contribution is -2.47. The van der Waals surface area contributed by atoms with Crippen LogP contribution in [0, 0.1) is 0 Å². The molecule has 1 aromatic rings. The molecule has 1 N–H and O–H groups in total. The molecule has 1 aromatic carbocycles. The van der Waals surface area contributed by atoms with Crippen molar-refractivity contribution in [1.29, 1.82) is 0 Å². The standard InChI is InChI=1S/C19H25ClN2O5/c1-12(23)26-15-9-16(22(11-15)18(25)27-19(2,3)4)17(24)21-10-13-5-7-14(20)8-6-13/h5-8,15-16H,9-11H2,1-4H3,(H,21,24)/t15-,16-/m1/s1. The highest BCUT2D eigenvalue weighted by Crippen LogP contribution is 2.24. The number of halogens is 1. The first-order valence-electron chi connectivity index (χ1n) is 8.74. The minimum absolute atomic E-state index is 0.119. The van der Waals surface area contributed by atoms with E-state index in [9.17, 15) is 14.4 Å². The van der Waals surface area contributed by atoms with Crippen molar-refractivity contribution < 1.29 is 23.9 Å². The minimum atomic E-state index is -0.767. The van der Waals surface area contributed by atoms with Crippen LogP contribution in [-0.2, 0) is 25.6 Å². The van der Waals surface area contributed by atoms with Gasteiger partial charge in [-0.15, -0.1) is 0 Å². The molecule has 0 aliphatic carbocycles. The SMILES string of the molecule is CC(=O)O[C@@H]1C[C@H](C(=O)NCc2ccc(Cl)cc2)N(C(=O)OC(C)(C)C)C1. The molecule has 2 atom stereocenters. The molecule has 7 nitrogen and oxygen atoms in total. The molecule has 27 heavy (non-hydrogen) atoms. The molecule has 148 valence electrons. The Morgan fingerprint density at radius 3 is 2.41 bits per heavy atom. The van der Waals surface area contributed by atoms with Gasteiger partial charge in [0.1, 0.15) is 17.7 Å². The van der Waals surface area contributed by atoms with Crippen molar-refractivity contribution in [2.75, 3.05) is 6.54 Å². The molecule has 2 rings (SSSR count). The Balaban J connectivity index is 2.06. The van der Waals surface area contributed by atoms with Crippen LogP contribution in [0.25, 0.3) is 0 Å². The zero-order valence-electron chi connectivity index (χ0n) is 16.0. The van der Waals surface area contributed by atoms with Crippen molar-refractivity contribution >= 4 is 29.6 Å². The molecule has 1 saturated heterocycles. The summed E-state index contributed by atoms with van der Waals surface area (Å²) in [5.74, 6) is -0.781. The van der Waals surface area contributed by atoms with Gasteiger partial charge in [-0.05, 0) is 38.5 Å². The maximum absolute atomic E-state index is 12.7. The molecule has 1 fully saturated rings. The molecule has 0 saturated carbocycles. The number of esters is 1. The lowest BCUT2D eigenvalue weighted by molar-refractivity contribution is -0.145. The van der Waals surface area contributed by atoms with Gasteiger partial charge < -0.3 is 14.8 Å². The van der Waals surface area contributed by atoms with Crippen LogP contribution < -0.4 is 5.32 Å². The summed E-state index contributed by atoms with van der Waals surface area (Å²) in [6, 6.07) is 6.33. The summed E-state index contributed by atoms with van der Waals surface area (Å²) in [4.78, 5) is 37.7. The number of carbonyl (C=O) groups is 3. The Bertz CT molecular complexity index is 699. The second kappa shape index (κ2) is 8.61. The molecular weight excluding hydrogens is 372 g/mol. The van der Waals surface area contributed by atoms with Gasteiger partial charge in [0.25, 0.3) is 0 Å². The molecule has 0 radical (unpaired) electrons. The van der Waals surface area contributed by atoms with E-state index in [-0.39, 0.29) is 18.9 Å². The highest BCUT2D eigenvalue weighted by molar-refractivity contribution is 6.30. The molecule has 1 aliphatic rings. The van der Waals surface area contributed by atoms with Gasteiger partial charge in [0.15, 0.2) is 0 Å². The Morgan fingerprint density at radius 2 is 1.85 bits per heavy atom. The maximum Gasteiger partial charge on any atom is 0.411 e. The third kappa shape index (κ3) is 6.43. The molecule has 0 spiro atoms. The highest BCUT2D eigenvalue weighted by Gasteiger charge is 2.42. The maximum atomic E-state index is 12.7. The second-order valence-corrected chi connectivity index (χ2v) is 7.90. The first-order valence-corrected chi connectivity index (χ1v) is 9.12. The van der Waals surface area contributed by atoms with E-state index in [0.717, 1.165) is 5.56 Å². The fraction of sp³-hybridized carbons (Fsp3) is 0.526. The molecule has 2 amide bonds. The summed E-state index contributed by atoms with van der Waals surface area (Å²) >= 11 is 5.86. The van der Waals surface area contributed by atoms with Crippen molar-refractivity contribution in [3.8, 4) is 0 Å². The molecule has 8 heteroatoms. The Hall–Kier alpha value is -2.28. The van der Waals surface area contributed by atoms with Crippen molar-refractivity contribution in [2.45, 2.75) is 58.4 Å². The first-order chi connectivity index (χ1) is 12.5. The number of hydrogen-bond donors (Lipinski definition) is 1. The molecule has 1 heterocycles. The van der Waals surface area contributed by atoms with Crippen molar-refractivity contribution in [3.63, 3.8) is 0 Å².